The molecule has 1 fully saturated rings. The van der Waals surface area contributed by atoms with Gasteiger partial charge in [0.05, 0.1) is 35.2 Å². The Hall–Kier alpha value is -3.26. The van der Waals surface area contributed by atoms with Gasteiger partial charge in [-0.25, -0.2) is 4.98 Å². The average molecular weight is 342 g/mol. The van der Waals surface area contributed by atoms with Crippen molar-refractivity contribution in [3.63, 3.8) is 0 Å². The Labute approximate surface area is 150 Å². The predicted molar refractivity (Wildman–Crippen MR) is 100 cm³/mol. The maximum atomic E-state index is 9.14. The van der Waals surface area contributed by atoms with Gasteiger partial charge in [-0.15, -0.1) is 0 Å². The number of ether oxygens (including phenoxy) is 1. The van der Waals surface area contributed by atoms with Crippen LogP contribution in [0.25, 0.3) is 21.9 Å². The highest BCUT2D eigenvalue weighted by atomic mass is 16.5. The number of hydrogen-bond acceptors (Lipinski definition) is 3. The molecule has 4 aromatic rings. The molecule has 26 heavy (non-hydrogen) atoms. The first-order chi connectivity index (χ1) is 12.7. The van der Waals surface area contributed by atoms with Crippen LogP contribution in [0.5, 0.6) is 5.75 Å². The fourth-order valence-corrected chi connectivity index (χ4v) is 4.07. The molecule has 2 N–H and O–H groups in total. The van der Waals surface area contributed by atoms with Gasteiger partial charge in [0, 0.05) is 22.7 Å². The van der Waals surface area contributed by atoms with Crippen LogP contribution in [0.15, 0.2) is 36.5 Å². The lowest BCUT2D eigenvalue weighted by molar-refractivity contribution is 0.407. The number of hydrogen-bond donors (Lipinski definition) is 2. The average Bonchev–Trinajstić information content (AvgIpc) is 3.11. The molecule has 0 radical (unpaired) electrons. The zero-order valence-electron chi connectivity index (χ0n) is 14.7. The van der Waals surface area contributed by atoms with Gasteiger partial charge in [0.1, 0.15) is 11.6 Å². The molecule has 5 nitrogen and oxygen atoms in total. The monoisotopic (exact) mass is 342 g/mol. The van der Waals surface area contributed by atoms with Crippen LogP contribution < -0.4 is 4.74 Å². The van der Waals surface area contributed by atoms with Crippen LogP contribution in [0.1, 0.15) is 35.4 Å². The summed E-state index contributed by atoms with van der Waals surface area (Å²) in [7, 11) is 1.73. The number of aromatic amines is 2. The molecule has 1 aliphatic carbocycles. The van der Waals surface area contributed by atoms with E-state index in [9.17, 15) is 0 Å². The number of nitrogens with zero attached hydrogens (tertiary/aromatic N) is 2. The van der Waals surface area contributed by atoms with E-state index in [0.29, 0.717) is 5.56 Å². The summed E-state index contributed by atoms with van der Waals surface area (Å²) in [6, 6.07) is 12.0. The first-order valence-electron chi connectivity index (χ1n) is 8.72. The predicted octanol–water partition coefficient (Wildman–Crippen LogP) is 4.31. The van der Waals surface area contributed by atoms with Gasteiger partial charge in [-0.05, 0) is 55.7 Å². The topological polar surface area (TPSA) is 77.5 Å². The van der Waals surface area contributed by atoms with E-state index >= 15 is 0 Å². The van der Waals surface area contributed by atoms with E-state index in [1.54, 1.807) is 7.11 Å². The van der Waals surface area contributed by atoms with Gasteiger partial charge in [-0.3, -0.25) is 0 Å². The van der Waals surface area contributed by atoms with E-state index in [0.717, 1.165) is 41.0 Å². The summed E-state index contributed by atoms with van der Waals surface area (Å²) in [6.45, 7) is 2.09. The van der Waals surface area contributed by atoms with Crippen molar-refractivity contribution >= 4 is 21.9 Å². The van der Waals surface area contributed by atoms with Gasteiger partial charge in [0.2, 0.25) is 0 Å². The van der Waals surface area contributed by atoms with Gasteiger partial charge < -0.3 is 14.7 Å². The lowest BCUT2D eigenvalue weighted by atomic mass is 9.89. The molecule has 2 aromatic heterocycles. The van der Waals surface area contributed by atoms with Crippen LogP contribution >= 0.6 is 0 Å². The maximum Gasteiger partial charge on any atom is 0.124 e. The molecular weight excluding hydrogens is 324 g/mol. The highest BCUT2D eigenvalue weighted by molar-refractivity contribution is 5.90. The Bertz CT molecular complexity index is 1200. The third-order valence-corrected chi connectivity index (χ3v) is 5.52. The Morgan fingerprint density at radius 2 is 2.08 bits per heavy atom. The molecule has 5 rings (SSSR count). The minimum atomic E-state index is -0.161. The van der Waals surface area contributed by atoms with Crippen molar-refractivity contribution < 1.29 is 4.74 Å². The molecule has 0 bridgehead atoms. The molecule has 0 saturated heterocycles. The fraction of sp³-hybridized carbons (Fsp3) is 0.238. The Kier molecular flexibility index (Phi) is 2.96. The number of rotatable bonds is 3. The lowest BCUT2D eigenvalue weighted by Gasteiger charge is -2.19. The van der Waals surface area contributed by atoms with Gasteiger partial charge in [-0.2, -0.15) is 5.26 Å². The second-order valence-electron chi connectivity index (χ2n) is 7.05. The molecule has 2 heterocycles. The molecule has 128 valence electrons. The van der Waals surface area contributed by atoms with Crippen LogP contribution in [0.2, 0.25) is 0 Å². The van der Waals surface area contributed by atoms with Crippen molar-refractivity contribution in [1.29, 1.82) is 5.26 Å². The first-order valence-corrected chi connectivity index (χ1v) is 8.72. The SMILES string of the molecule is COc1cc(C)c2[nH]ccc2c1C1(c2nc3ccc(C#N)cc3[nH]2)CC1. The van der Waals surface area contributed by atoms with Crippen molar-refractivity contribution in [2.75, 3.05) is 7.11 Å². The number of aromatic nitrogens is 3. The number of methoxy groups -OCH3 is 1. The van der Waals surface area contributed by atoms with Crippen molar-refractivity contribution in [3.8, 4) is 11.8 Å². The number of benzene rings is 2. The van der Waals surface area contributed by atoms with Crippen molar-refractivity contribution in [1.82, 2.24) is 15.0 Å². The molecule has 5 heteroatoms. The van der Waals surface area contributed by atoms with Crippen molar-refractivity contribution in [2.45, 2.75) is 25.2 Å². The highest BCUT2D eigenvalue weighted by Crippen LogP contribution is 2.57. The van der Waals surface area contributed by atoms with Gasteiger partial charge in [-0.1, -0.05) is 0 Å². The number of imidazole rings is 1. The maximum absolute atomic E-state index is 9.14. The molecular formula is C21H18N4O. The Morgan fingerprint density at radius 1 is 1.23 bits per heavy atom. The third-order valence-electron chi connectivity index (χ3n) is 5.52. The summed E-state index contributed by atoms with van der Waals surface area (Å²) in [5.41, 5.74) is 5.79. The van der Waals surface area contributed by atoms with Gasteiger partial charge in [0.25, 0.3) is 0 Å². The molecule has 2 aromatic carbocycles. The summed E-state index contributed by atoms with van der Waals surface area (Å²) in [5, 5.41) is 10.3. The summed E-state index contributed by atoms with van der Waals surface area (Å²) in [4.78, 5) is 11.7. The molecule has 0 aliphatic heterocycles. The van der Waals surface area contributed by atoms with Crippen LogP contribution in [0.4, 0.5) is 0 Å². The molecule has 1 aliphatic rings. The Morgan fingerprint density at radius 3 is 2.81 bits per heavy atom. The van der Waals surface area contributed by atoms with E-state index in [2.05, 4.69) is 35.1 Å². The zero-order valence-corrected chi connectivity index (χ0v) is 14.7. The normalized spacial score (nSPS) is 15.3. The third kappa shape index (κ3) is 1.93. The van der Waals surface area contributed by atoms with E-state index in [4.69, 9.17) is 15.0 Å². The summed E-state index contributed by atoms with van der Waals surface area (Å²) in [5.74, 6) is 1.86. The van der Waals surface area contributed by atoms with E-state index < -0.39 is 0 Å². The van der Waals surface area contributed by atoms with E-state index in [1.807, 2.05) is 24.4 Å². The second kappa shape index (κ2) is 5.12. The smallest absolute Gasteiger partial charge is 0.124 e. The quantitative estimate of drug-likeness (QED) is 0.582. The molecule has 0 amide bonds. The molecule has 0 spiro atoms. The van der Waals surface area contributed by atoms with Crippen molar-refractivity contribution in [2.24, 2.45) is 0 Å². The number of aryl methyl sites for hydroxylation is 1. The van der Waals surface area contributed by atoms with Crippen LogP contribution in [0, 0.1) is 18.3 Å². The van der Waals surface area contributed by atoms with Gasteiger partial charge in [0.15, 0.2) is 0 Å². The Balaban J connectivity index is 1.76. The van der Waals surface area contributed by atoms with Crippen LogP contribution in [-0.4, -0.2) is 22.1 Å². The highest BCUT2D eigenvalue weighted by Gasteiger charge is 2.51. The molecule has 1 saturated carbocycles. The minimum Gasteiger partial charge on any atom is -0.496 e. The fourth-order valence-electron chi connectivity index (χ4n) is 4.07. The largest absolute Gasteiger partial charge is 0.496 e. The number of nitriles is 1. The number of fused-ring (bicyclic) bond motifs is 2. The van der Waals surface area contributed by atoms with E-state index in [1.165, 1.54) is 16.5 Å². The second-order valence-corrected chi connectivity index (χ2v) is 7.05. The van der Waals surface area contributed by atoms with Gasteiger partial charge >= 0.3 is 0 Å². The summed E-state index contributed by atoms with van der Waals surface area (Å²) >= 11 is 0. The van der Waals surface area contributed by atoms with Crippen LogP contribution in [-0.2, 0) is 5.41 Å². The molecule has 0 atom stereocenters. The first kappa shape index (κ1) is 15.0. The minimum absolute atomic E-state index is 0.161. The zero-order chi connectivity index (χ0) is 17.9. The van der Waals surface area contributed by atoms with E-state index in [-0.39, 0.29) is 5.41 Å². The number of nitrogens with one attached hydrogen (secondary N) is 2. The van der Waals surface area contributed by atoms with Crippen LogP contribution in [0.3, 0.4) is 0 Å². The molecule has 0 unspecified atom stereocenters. The summed E-state index contributed by atoms with van der Waals surface area (Å²) in [6.07, 6.45) is 4.03. The summed E-state index contributed by atoms with van der Waals surface area (Å²) < 4.78 is 5.76. The standard InChI is InChI=1S/C21H18N4O/c1-12-9-17(26-2)18(14-5-8-23-19(12)14)21(6-7-21)20-24-15-4-3-13(11-22)10-16(15)25-20/h3-5,8-10,23H,6-7H2,1-2H3,(H,24,25). The van der Waals surface area contributed by atoms with Crippen molar-refractivity contribution in [3.05, 3.63) is 59.0 Å². The lowest BCUT2D eigenvalue weighted by Crippen LogP contribution is -2.13. The number of H-pyrrole nitrogens is 2.